The number of amides is 1. The molecule has 0 saturated carbocycles. The van der Waals surface area contributed by atoms with E-state index in [1.165, 1.54) is 0 Å². The van der Waals surface area contributed by atoms with Gasteiger partial charge in [0.15, 0.2) is 5.82 Å². The lowest BCUT2D eigenvalue weighted by molar-refractivity contribution is 0.0774. The number of rotatable bonds is 2. The molecule has 1 aliphatic heterocycles. The maximum atomic E-state index is 13.1. The van der Waals surface area contributed by atoms with Gasteiger partial charge in [0.25, 0.3) is 5.91 Å². The van der Waals surface area contributed by atoms with Crippen LogP contribution in [0, 0.1) is 20.8 Å². The summed E-state index contributed by atoms with van der Waals surface area (Å²) in [6, 6.07) is 9.16. The van der Waals surface area contributed by atoms with Crippen molar-refractivity contribution in [3.63, 3.8) is 0 Å². The molecule has 3 heterocycles. The summed E-state index contributed by atoms with van der Waals surface area (Å²) in [5.41, 5.74) is 4.91. The molecule has 1 amide bonds. The molecular formula is C21H20ClN5O. The van der Waals surface area contributed by atoms with Gasteiger partial charge in [-0.25, -0.2) is 4.98 Å². The third-order valence-corrected chi connectivity index (χ3v) is 5.40. The minimum atomic E-state index is -0.274. The van der Waals surface area contributed by atoms with Crippen LogP contribution in [-0.2, 0) is 0 Å². The van der Waals surface area contributed by atoms with Gasteiger partial charge in [0.1, 0.15) is 5.69 Å². The fourth-order valence-electron chi connectivity index (χ4n) is 3.46. The number of fused-ring (bicyclic) bond motifs is 1. The van der Waals surface area contributed by atoms with Gasteiger partial charge < -0.3 is 4.90 Å². The zero-order valence-corrected chi connectivity index (χ0v) is 16.9. The first-order valence-electron chi connectivity index (χ1n) is 9.04. The highest BCUT2D eigenvalue weighted by Gasteiger charge is 2.31. The van der Waals surface area contributed by atoms with Crippen molar-refractivity contribution in [1.29, 1.82) is 0 Å². The Morgan fingerprint density at radius 2 is 1.96 bits per heavy atom. The van der Waals surface area contributed by atoms with E-state index >= 15 is 0 Å². The molecule has 4 rings (SSSR count). The van der Waals surface area contributed by atoms with Crippen LogP contribution in [-0.4, -0.2) is 30.8 Å². The van der Waals surface area contributed by atoms with Crippen LogP contribution in [0.4, 0.5) is 0 Å². The molecule has 0 radical (unpaired) electrons. The van der Waals surface area contributed by atoms with Gasteiger partial charge in [0, 0.05) is 11.9 Å². The van der Waals surface area contributed by atoms with E-state index in [2.05, 4.69) is 15.3 Å². The first kappa shape index (κ1) is 18.4. The van der Waals surface area contributed by atoms with Gasteiger partial charge >= 0.3 is 0 Å². The number of nitrogens with zero attached hydrogens (tertiary/aromatic N) is 5. The predicted octanol–water partition coefficient (Wildman–Crippen LogP) is 4.43. The van der Waals surface area contributed by atoms with Gasteiger partial charge in [-0.1, -0.05) is 28.9 Å². The van der Waals surface area contributed by atoms with E-state index in [4.69, 9.17) is 11.6 Å². The van der Waals surface area contributed by atoms with Gasteiger partial charge in [0.05, 0.1) is 22.3 Å². The van der Waals surface area contributed by atoms with Crippen molar-refractivity contribution in [1.82, 2.24) is 24.9 Å². The summed E-state index contributed by atoms with van der Waals surface area (Å²) in [6.45, 7) is 7.78. The van der Waals surface area contributed by atoms with Gasteiger partial charge in [-0.15, -0.1) is 5.10 Å². The number of halogens is 1. The van der Waals surface area contributed by atoms with E-state index in [9.17, 15) is 4.79 Å². The fourth-order valence-corrected chi connectivity index (χ4v) is 3.67. The lowest BCUT2D eigenvalue weighted by Gasteiger charge is -2.28. The summed E-state index contributed by atoms with van der Waals surface area (Å²) in [4.78, 5) is 19.3. The van der Waals surface area contributed by atoms with E-state index in [1.807, 2.05) is 58.0 Å². The van der Waals surface area contributed by atoms with Gasteiger partial charge in [-0.2, -0.15) is 4.68 Å². The zero-order valence-electron chi connectivity index (χ0n) is 16.1. The Labute approximate surface area is 168 Å². The molecule has 1 atom stereocenters. The van der Waals surface area contributed by atoms with Crippen molar-refractivity contribution in [2.45, 2.75) is 33.7 Å². The van der Waals surface area contributed by atoms with Crippen molar-refractivity contribution >= 4 is 23.6 Å². The molecule has 3 aromatic rings. The third-order valence-electron chi connectivity index (χ3n) is 4.90. The number of aryl methyl sites for hydroxylation is 3. The highest BCUT2D eigenvalue weighted by Crippen LogP contribution is 2.32. The number of aromatic nitrogens is 4. The van der Waals surface area contributed by atoms with Crippen LogP contribution in [0.1, 0.15) is 51.5 Å². The smallest absolute Gasteiger partial charge is 0.259 e. The van der Waals surface area contributed by atoms with Crippen LogP contribution < -0.4 is 0 Å². The summed E-state index contributed by atoms with van der Waals surface area (Å²) < 4.78 is 1.71. The van der Waals surface area contributed by atoms with E-state index in [1.54, 1.807) is 21.8 Å². The van der Waals surface area contributed by atoms with Gasteiger partial charge in [0.2, 0.25) is 0 Å². The summed E-state index contributed by atoms with van der Waals surface area (Å²) in [6.07, 6.45) is 3.60. The van der Waals surface area contributed by atoms with Crippen molar-refractivity contribution in [2.75, 3.05) is 0 Å². The van der Waals surface area contributed by atoms with Crippen LogP contribution in [0.3, 0.4) is 0 Å². The Bertz CT molecular complexity index is 1100. The number of benzene rings is 1. The maximum absolute atomic E-state index is 13.1. The minimum Gasteiger partial charge on any atom is -0.306 e. The molecule has 1 aliphatic rings. The Morgan fingerprint density at radius 3 is 2.71 bits per heavy atom. The molecule has 0 N–H and O–H groups in total. The molecule has 0 spiro atoms. The molecule has 1 aromatic carbocycles. The quantitative estimate of drug-likeness (QED) is 0.646. The standard InChI is InChI=1S/C21H20ClN5O/c1-12-10-14(3)23-18(11-12)27-17-8-9-26(15(4)20(17)24-25-27)21(28)16-7-5-6-13(2)19(16)22/h5-11,15H,1-4H3. The average Bonchev–Trinajstić information content (AvgIpc) is 3.08. The SMILES string of the molecule is Cc1cc(C)nc(-n2nnc3c2C=CN(C(=O)c2cccc(C)c2Cl)C3C)c1. The summed E-state index contributed by atoms with van der Waals surface area (Å²) >= 11 is 6.36. The van der Waals surface area contributed by atoms with E-state index in [-0.39, 0.29) is 11.9 Å². The molecule has 0 saturated heterocycles. The second-order valence-corrected chi connectivity index (χ2v) is 7.43. The first-order valence-corrected chi connectivity index (χ1v) is 9.42. The number of carbonyl (C=O) groups excluding carboxylic acids is 1. The Morgan fingerprint density at radius 1 is 1.18 bits per heavy atom. The monoisotopic (exact) mass is 393 g/mol. The Hall–Kier alpha value is -2.99. The number of hydrogen-bond donors (Lipinski definition) is 0. The van der Waals surface area contributed by atoms with Crippen molar-refractivity contribution in [3.8, 4) is 5.82 Å². The average molecular weight is 394 g/mol. The second kappa shape index (κ2) is 6.87. The highest BCUT2D eigenvalue weighted by atomic mass is 35.5. The third kappa shape index (κ3) is 2.99. The van der Waals surface area contributed by atoms with Crippen molar-refractivity contribution in [2.24, 2.45) is 0 Å². The van der Waals surface area contributed by atoms with Crippen LogP contribution in [0.2, 0.25) is 5.02 Å². The molecule has 7 heteroatoms. The van der Waals surface area contributed by atoms with E-state index in [0.29, 0.717) is 16.4 Å². The molecule has 6 nitrogen and oxygen atoms in total. The highest BCUT2D eigenvalue weighted by molar-refractivity contribution is 6.34. The normalized spacial score (nSPS) is 15.6. The predicted molar refractivity (Wildman–Crippen MR) is 108 cm³/mol. The maximum Gasteiger partial charge on any atom is 0.259 e. The Balaban J connectivity index is 1.72. The second-order valence-electron chi connectivity index (χ2n) is 7.06. The van der Waals surface area contributed by atoms with Crippen LogP contribution in [0.25, 0.3) is 11.9 Å². The van der Waals surface area contributed by atoms with Gasteiger partial charge in [-0.3, -0.25) is 4.79 Å². The van der Waals surface area contributed by atoms with E-state index < -0.39 is 0 Å². The zero-order chi connectivity index (χ0) is 20.0. The lowest BCUT2D eigenvalue weighted by Crippen LogP contribution is -2.31. The Kier molecular flexibility index (Phi) is 4.51. The molecule has 28 heavy (non-hydrogen) atoms. The number of carbonyl (C=O) groups is 1. The van der Waals surface area contributed by atoms with E-state index in [0.717, 1.165) is 28.2 Å². The number of pyridine rings is 1. The summed E-state index contributed by atoms with van der Waals surface area (Å²) in [7, 11) is 0. The summed E-state index contributed by atoms with van der Waals surface area (Å²) in [5.74, 6) is 0.548. The summed E-state index contributed by atoms with van der Waals surface area (Å²) in [5, 5.41) is 9.10. The topological polar surface area (TPSA) is 63.9 Å². The molecule has 0 aliphatic carbocycles. The lowest BCUT2D eigenvalue weighted by atomic mass is 10.1. The van der Waals surface area contributed by atoms with Crippen LogP contribution in [0.5, 0.6) is 0 Å². The van der Waals surface area contributed by atoms with Crippen molar-refractivity contribution < 1.29 is 4.79 Å². The van der Waals surface area contributed by atoms with Crippen LogP contribution in [0.15, 0.2) is 36.5 Å². The van der Waals surface area contributed by atoms with Crippen LogP contribution >= 0.6 is 11.6 Å². The fraction of sp³-hybridized carbons (Fsp3) is 0.238. The van der Waals surface area contributed by atoms with Crippen molar-refractivity contribution in [3.05, 3.63) is 75.3 Å². The molecule has 0 bridgehead atoms. The molecule has 0 fully saturated rings. The van der Waals surface area contributed by atoms with Gasteiger partial charge in [-0.05, 0) is 63.1 Å². The molecule has 1 unspecified atom stereocenters. The minimum absolute atomic E-state index is 0.165. The first-order chi connectivity index (χ1) is 13.4. The largest absolute Gasteiger partial charge is 0.306 e. The molecule has 142 valence electrons. The number of hydrogen-bond acceptors (Lipinski definition) is 4. The molecular weight excluding hydrogens is 374 g/mol. The molecule has 2 aromatic heterocycles.